The van der Waals surface area contributed by atoms with E-state index in [1.165, 1.54) is 6.07 Å². The van der Waals surface area contributed by atoms with Gasteiger partial charge >= 0.3 is 6.61 Å². The van der Waals surface area contributed by atoms with Gasteiger partial charge < -0.3 is 20.3 Å². The number of halogens is 2. The molecule has 0 unspecified atom stereocenters. The van der Waals surface area contributed by atoms with Crippen molar-refractivity contribution in [2.24, 2.45) is 4.99 Å². The van der Waals surface area contributed by atoms with E-state index in [0.29, 0.717) is 17.6 Å². The highest BCUT2D eigenvalue weighted by molar-refractivity contribution is 5.79. The molecular formula is C17H28F2N4O. The lowest BCUT2D eigenvalue weighted by molar-refractivity contribution is -0.0504. The zero-order valence-electron chi connectivity index (χ0n) is 14.9. The van der Waals surface area contributed by atoms with Gasteiger partial charge in [-0.25, -0.2) is 4.99 Å². The highest BCUT2D eigenvalue weighted by Gasteiger charge is 2.09. The van der Waals surface area contributed by atoms with E-state index in [1.807, 2.05) is 6.92 Å². The number of ether oxygens (including phenoxy) is 1. The zero-order valence-corrected chi connectivity index (χ0v) is 14.9. The lowest BCUT2D eigenvalue weighted by Crippen LogP contribution is -2.42. The molecule has 0 heterocycles. The predicted octanol–water partition coefficient (Wildman–Crippen LogP) is 2.68. The minimum atomic E-state index is -2.84. The van der Waals surface area contributed by atoms with Crippen LogP contribution in [-0.4, -0.2) is 50.2 Å². The molecule has 0 aliphatic rings. The molecule has 1 aromatic carbocycles. The van der Waals surface area contributed by atoms with Crippen LogP contribution in [0.3, 0.4) is 0 Å². The number of hydrogen-bond acceptors (Lipinski definition) is 3. The number of aliphatic imine (C=N–C) groups is 1. The summed E-state index contributed by atoms with van der Waals surface area (Å²) < 4.78 is 29.4. The van der Waals surface area contributed by atoms with Crippen molar-refractivity contribution < 1.29 is 13.5 Å². The Hall–Kier alpha value is -1.89. The van der Waals surface area contributed by atoms with Crippen molar-refractivity contribution in [3.8, 4) is 5.75 Å². The summed E-state index contributed by atoms with van der Waals surface area (Å²) in [4.78, 5) is 6.67. The average molecular weight is 342 g/mol. The van der Waals surface area contributed by atoms with E-state index >= 15 is 0 Å². The number of guanidine groups is 1. The number of nitrogens with zero attached hydrogens (tertiary/aromatic N) is 2. The maximum absolute atomic E-state index is 12.4. The van der Waals surface area contributed by atoms with Crippen LogP contribution in [0.4, 0.5) is 8.78 Å². The van der Waals surface area contributed by atoms with Crippen molar-refractivity contribution in [1.82, 2.24) is 15.5 Å². The first kappa shape index (κ1) is 20.2. The third kappa shape index (κ3) is 7.59. The Morgan fingerprint density at radius 3 is 2.58 bits per heavy atom. The molecule has 0 aliphatic carbocycles. The molecule has 1 aromatic rings. The molecule has 0 saturated heterocycles. The maximum atomic E-state index is 12.4. The first-order chi connectivity index (χ1) is 11.4. The summed E-state index contributed by atoms with van der Waals surface area (Å²) in [6.07, 6.45) is 0. The lowest BCUT2D eigenvalue weighted by atomic mass is 10.2. The van der Waals surface area contributed by atoms with Crippen LogP contribution in [0.25, 0.3) is 0 Å². The first-order valence-corrected chi connectivity index (χ1v) is 8.19. The molecule has 0 radical (unpaired) electrons. The Morgan fingerprint density at radius 2 is 1.96 bits per heavy atom. The van der Waals surface area contributed by atoms with E-state index in [9.17, 15) is 8.78 Å². The van der Waals surface area contributed by atoms with Gasteiger partial charge in [-0.15, -0.1) is 0 Å². The van der Waals surface area contributed by atoms with E-state index in [2.05, 4.69) is 46.2 Å². The molecule has 0 aliphatic heterocycles. The van der Waals surface area contributed by atoms with Crippen molar-refractivity contribution >= 4 is 5.96 Å². The fourth-order valence-corrected chi connectivity index (χ4v) is 1.96. The number of hydrogen-bond donors (Lipinski definition) is 2. The summed E-state index contributed by atoms with van der Waals surface area (Å²) in [6, 6.07) is 7.17. The van der Waals surface area contributed by atoms with Crippen LogP contribution < -0.4 is 15.4 Å². The molecule has 0 amide bonds. The van der Waals surface area contributed by atoms with Crippen molar-refractivity contribution in [3.63, 3.8) is 0 Å². The van der Waals surface area contributed by atoms with Crippen LogP contribution in [0.1, 0.15) is 26.3 Å². The minimum absolute atomic E-state index is 0.159. The fourth-order valence-electron chi connectivity index (χ4n) is 1.96. The Kier molecular flexibility index (Phi) is 9.07. The number of rotatable bonds is 9. The molecule has 0 aromatic heterocycles. The summed E-state index contributed by atoms with van der Waals surface area (Å²) in [6.45, 7) is 6.03. The largest absolute Gasteiger partial charge is 0.434 e. The van der Waals surface area contributed by atoms with Crippen molar-refractivity contribution in [2.75, 3.05) is 26.7 Å². The van der Waals surface area contributed by atoms with Gasteiger partial charge in [0.2, 0.25) is 0 Å². The van der Waals surface area contributed by atoms with Gasteiger partial charge in [0.15, 0.2) is 5.96 Å². The normalized spacial score (nSPS) is 12.1. The van der Waals surface area contributed by atoms with E-state index in [1.54, 1.807) is 18.2 Å². The molecule has 0 fully saturated rings. The smallest absolute Gasteiger partial charge is 0.387 e. The summed E-state index contributed by atoms with van der Waals surface area (Å²) in [5.41, 5.74) is 0.620. The number of nitrogens with one attached hydrogen (secondary N) is 2. The molecule has 24 heavy (non-hydrogen) atoms. The predicted molar refractivity (Wildman–Crippen MR) is 93.7 cm³/mol. The van der Waals surface area contributed by atoms with E-state index in [0.717, 1.165) is 19.6 Å². The first-order valence-electron chi connectivity index (χ1n) is 8.19. The van der Waals surface area contributed by atoms with Gasteiger partial charge in [-0.1, -0.05) is 18.2 Å². The molecular weight excluding hydrogens is 314 g/mol. The van der Waals surface area contributed by atoms with Crippen LogP contribution in [0, 0.1) is 0 Å². The molecule has 0 saturated carbocycles. The van der Waals surface area contributed by atoms with Crippen molar-refractivity contribution in [1.29, 1.82) is 0 Å². The molecule has 136 valence electrons. The molecule has 7 heteroatoms. The number of benzene rings is 1. The minimum Gasteiger partial charge on any atom is -0.434 e. The number of alkyl halides is 2. The molecule has 1 rings (SSSR count). The summed E-state index contributed by atoms with van der Waals surface area (Å²) >= 11 is 0. The van der Waals surface area contributed by atoms with E-state index in [-0.39, 0.29) is 12.3 Å². The molecule has 0 atom stereocenters. The monoisotopic (exact) mass is 342 g/mol. The molecule has 2 N–H and O–H groups in total. The second-order valence-electron chi connectivity index (χ2n) is 5.68. The number of likely N-dealkylation sites (N-methyl/N-ethyl adjacent to an activating group) is 1. The molecule has 0 bridgehead atoms. The average Bonchev–Trinajstić information content (AvgIpc) is 2.53. The summed E-state index contributed by atoms with van der Waals surface area (Å²) in [5, 5.41) is 6.39. The van der Waals surface area contributed by atoms with Gasteiger partial charge in [0, 0.05) is 31.2 Å². The van der Waals surface area contributed by atoms with Gasteiger partial charge in [0.05, 0.1) is 6.54 Å². The maximum Gasteiger partial charge on any atom is 0.387 e. The lowest BCUT2D eigenvalue weighted by Gasteiger charge is -2.21. The highest BCUT2D eigenvalue weighted by Crippen LogP contribution is 2.20. The number of para-hydroxylation sites is 1. The third-order valence-corrected chi connectivity index (χ3v) is 3.58. The van der Waals surface area contributed by atoms with Crippen LogP contribution >= 0.6 is 0 Å². The summed E-state index contributed by atoms with van der Waals surface area (Å²) in [5.74, 6) is 0.813. The van der Waals surface area contributed by atoms with Crippen molar-refractivity contribution in [2.45, 2.75) is 40.0 Å². The van der Waals surface area contributed by atoms with Crippen LogP contribution in [0.5, 0.6) is 5.75 Å². The SMILES string of the molecule is CCNC(=NCc1ccccc1OC(F)F)NCCN(C)C(C)C. The van der Waals surface area contributed by atoms with E-state index < -0.39 is 6.61 Å². The van der Waals surface area contributed by atoms with Gasteiger partial charge in [-0.05, 0) is 33.9 Å². The third-order valence-electron chi connectivity index (χ3n) is 3.58. The topological polar surface area (TPSA) is 48.9 Å². The van der Waals surface area contributed by atoms with Gasteiger partial charge in [0.25, 0.3) is 0 Å². The second-order valence-corrected chi connectivity index (χ2v) is 5.68. The van der Waals surface area contributed by atoms with Gasteiger partial charge in [0.1, 0.15) is 5.75 Å². The van der Waals surface area contributed by atoms with Crippen LogP contribution in [0.15, 0.2) is 29.3 Å². The standard InChI is InChI=1S/C17H28F2N4O/c1-5-20-17(21-10-11-23(4)13(2)3)22-12-14-8-6-7-9-15(14)24-16(18)19/h6-9,13,16H,5,10-12H2,1-4H3,(H2,20,21,22). The fraction of sp³-hybridized carbons (Fsp3) is 0.588. The molecule has 0 spiro atoms. The Bertz CT molecular complexity index is 509. The van der Waals surface area contributed by atoms with E-state index in [4.69, 9.17) is 0 Å². The zero-order chi connectivity index (χ0) is 17.9. The summed E-state index contributed by atoms with van der Waals surface area (Å²) in [7, 11) is 2.06. The van der Waals surface area contributed by atoms with Crippen molar-refractivity contribution in [3.05, 3.63) is 29.8 Å². The molecule has 5 nitrogen and oxygen atoms in total. The Balaban J connectivity index is 2.65. The van der Waals surface area contributed by atoms with Crippen LogP contribution in [-0.2, 0) is 6.54 Å². The highest BCUT2D eigenvalue weighted by atomic mass is 19.3. The second kappa shape index (κ2) is 10.8. The van der Waals surface area contributed by atoms with Gasteiger partial charge in [-0.3, -0.25) is 0 Å². The quantitative estimate of drug-likeness (QED) is 0.535. The van der Waals surface area contributed by atoms with Crippen LogP contribution in [0.2, 0.25) is 0 Å². The van der Waals surface area contributed by atoms with Gasteiger partial charge in [-0.2, -0.15) is 8.78 Å². The Labute approximate surface area is 143 Å². The Morgan fingerprint density at radius 1 is 1.25 bits per heavy atom.